The Morgan fingerprint density at radius 3 is 2.78 bits per heavy atom. The molecule has 1 aliphatic heterocycles. The molecule has 0 aromatic carbocycles. The summed E-state index contributed by atoms with van der Waals surface area (Å²) < 4.78 is 0. The Kier molecular flexibility index (Phi) is 5.35. The minimum atomic E-state index is 0.0170. The van der Waals surface area contributed by atoms with Gasteiger partial charge in [0.15, 0.2) is 5.13 Å². The van der Waals surface area contributed by atoms with Crippen molar-refractivity contribution in [1.29, 1.82) is 5.26 Å². The van der Waals surface area contributed by atoms with Gasteiger partial charge >= 0.3 is 0 Å². The number of fused-ring (bicyclic) bond motifs is 1. The monoisotopic (exact) mass is 381 g/mol. The molecule has 1 amide bonds. The smallest absolute Gasteiger partial charge is 0.229 e. The molecular formula is C20H23N5OS. The molecule has 0 radical (unpaired) electrons. The molecule has 3 heterocycles. The average Bonchev–Trinajstić information content (AvgIpc) is 2.96. The van der Waals surface area contributed by atoms with Gasteiger partial charge < -0.3 is 10.2 Å². The standard InChI is InChI=1S/C20H23N5OS/c21-12-14-6-7-18(22-13-14)25-10-8-15(9-11-25)19(26)24-20-23-16-4-2-1-3-5-17(16)27-20/h6-7,13,15H,1-5,8-11H2,(H,23,24,26). The van der Waals surface area contributed by atoms with Crippen molar-refractivity contribution in [2.45, 2.75) is 44.9 Å². The zero-order valence-electron chi connectivity index (χ0n) is 15.3. The molecule has 1 aliphatic carbocycles. The van der Waals surface area contributed by atoms with Crippen LogP contribution in [-0.2, 0) is 17.6 Å². The van der Waals surface area contributed by atoms with Gasteiger partial charge in [-0.1, -0.05) is 6.42 Å². The zero-order chi connectivity index (χ0) is 18.6. The number of aryl methyl sites for hydroxylation is 2. The molecule has 0 saturated carbocycles. The van der Waals surface area contributed by atoms with Crippen molar-refractivity contribution >= 4 is 28.2 Å². The first kappa shape index (κ1) is 17.9. The number of rotatable bonds is 3. The van der Waals surface area contributed by atoms with Gasteiger partial charge in [-0.2, -0.15) is 5.26 Å². The maximum absolute atomic E-state index is 12.7. The Bertz CT molecular complexity index is 823. The summed E-state index contributed by atoms with van der Waals surface area (Å²) in [5, 5.41) is 12.7. The minimum absolute atomic E-state index is 0.0170. The Morgan fingerprint density at radius 2 is 2.04 bits per heavy atom. The van der Waals surface area contributed by atoms with Crippen molar-refractivity contribution in [1.82, 2.24) is 9.97 Å². The van der Waals surface area contributed by atoms with Crippen molar-refractivity contribution < 1.29 is 4.79 Å². The number of piperidine rings is 1. The van der Waals surface area contributed by atoms with E-state index in [1.165, 1.54) is 29.8 Å². The number of pyridine rings is 1. The molecule has 2 aromatic heterocycles. The fourth-order valence-electron chi connectivity index (χ4n) is 3.80. The van der Waals surface area contributed by atoms with E-state index in [1.54, 1.807) is 23.6 Å². The van der Waals surface area contributed by atoms with E-state index < -0.39 is 0 Å². The van der Waals surface area contributed by atoms with Crippen molar-refractivity contribution in [2.75, 3.05) is 23.3 Å². The van der Waals surface area contributed by atoms with Gasteiger partial charge in [0.2, 0.25) is 5.91 Å². The van der Waals surface area contributed by atoms with Gasteiger partial charge in [0.1, 0.15) is 11.9 Å². The quantitative estimate of drug-likeness (QED) is 0.823. The highest BCUT2D eigenvalue weighted by molar-refractivity contribution is 7.15. The maximum atomic E-state index is 12.7. The molecule has 0 bridgehead atoms. The van der Waals surface area contributed by atoms with Gasteiger partial charge in [-0.25, -0.2) is 9.97 Å². The number of hydrogen-bond donors (Lipinski definition) is 1. The van der Waals surface area contributed by atoms with Crippen LogP contribution in [0.4, 0.5) is 10.9 Å². The number of nitrogens with one attached hydrogen (secondary N) is 1. The number of aromatic nitrogens is 2. The van der Waals surface area contributed by atoms with Crippen molar-refractivity contribution in [2.24, 2.45) is 5.92 Å². The molecule has 27 heavy (non-hydrogen) atoms. The molecule has 4 rings (SSSR count). The highest BCUT2D eigenvalue weighted by Gasteiger charge is 2.26. The van der Waals surface area contributed by atoms with Crippen molar-refractivity contribution in [3.05, 3.63) is 34.5 Å². The molecule has 1 fully saturated rings. The lowest BCUT2D eigenvalue weighted by Gasteiger charge is -2.32. The first-order valence-electron chi connectivity index (χ1n) is 9.63. The van der Waals surface area contributed by atoms with E-state index in [1.807, 2.05) is 6.07 Å². The summed E-state index contributed by atoms with van der Waals surface area (Å²) in [6.07, 6.45) is 9.04. The maximum Gasteiger partial charge on any atom is 0.229 e. The van der Waals surface area contributed by atoms with Crippen LogP contribution < -0.4 is 10.2 Å². The molecule has 0 atom stereocenters. The molecule has 2 aliphatic rings. The molecule has 1 saturated heterocycles. The number of nitriles is 1. The number of thiazole rings is 1. The van der Waals surface area contributed by atoms with Crippen LogP contribution >= 0.6 is 11.3 Å². The second-order valence-electron chi connectivity index (χ2n) is 7.22. The van der Waals surface area contributed by atoms with Gasteiger partial charge in [0.25, 0.3) is 0 Å². The third kappa shape index (κ3) is 4.11. The first-order valence-corrected chi connectivity index (χ1v) is 10.4. The molecular weight excluding hydrogens is 358 g/mol. The summed E-state index contributed by atoms with van der Waals surface area (Å²) in [4.78, 5) is 25.2. The molecule has 1 N–H and O–H groups in total. The van der Waals surface area contributed by atoms with Gasteiger partial charge in [-0.05, 0) is 50.7 Å². The van der Waals surface area contributed by atoms with Gasteiger partial charge in [0.05, 0.1) is 11.3 Å². The van der Waals surface area contributed by atoms with E-state index in [9.17, 15) is 4.79 Å². The van der Waals surface area contributed by atoms with Crippen LogP contribution in [0.2, 0.25) is 0 Å². The summed E-state index contributed by atoms with van der Waals surface area (Å²) >= 11 is 1.65. The van der Waals surface area contributed by atoms with E-state index >= 15 is 0 Å². The number of nitrogens with zero attached hydrogens (tertiary/aromatic N) is 4. The second-order valence-corrected chi connectivity index (χ2v) is 8.30. The third-order valence-corrected chi connectivity index (χ3v) is 6.47. The van der Waals surface area contributed by atoms with Crippen LogP contribution in [-0.4, -0.2) is 29.0 Å². The molecule has 6 nitrogen and oxygen atoms in total. The summed E-state index contributed by atoms with van der Waals surface area (Å²) in [6, 6.07) is 5.75. The lowest BCUT2D eigenvalue weighted by molar-refractivity contribution is -0.120. The fourth-order valence-corrected chi connectivity index (χ4v) is 4.85. The predicted octanol–water partition coefficient (Wildman–Crippen LogP) is 3.53. The Labute approximate surface area is 163 Å². The summed E-state index contributed by atoms with van der Waals surface area (Å²) in [5.41, 5.74) is 1.75. The summed E-state index contributed by atoms with van der Waals surface area (Å²) in [7, 11) is 0. The Hall–Kier alpha value is -2.46. The highest BCUT2D eigenvalue weighted by Crippen LogP contribution is 2.30. The van der Waals surface area contributed by atoms with Gasteiger partial charge in [0, 0.05) is 30.1 Å². The minimum Gasteiger partial charge on any atom is -0.357 e. The number of amides is 1. The largest absolute Gasteiger partial charge is 0.357 e. The van der Waals surface area contributed by atoms with Crippen molar-refractivity contribution in [3.8, 4) is 6.07 Å². The number of carbonyl (C=O) groups is 1. The van der Waals surface area contributed by atoms with Crippen LogP contribution in [0.3, 0.4) is 0 Å². The van der Waals surface area contributed by atoms with Gasteiger partial charge in [-0.15, -0.1) is 11.3 Å². The number of anilines is 2. The van der Waals surface area contributed by atoms with E-state index in [0.29, 0.717) is 5.56 Å². The number of hydrogen-bond acceptors (Lipinski definition) is 6. The lowest BCUT2D eigenvalue weighted by atomic mass is 9.96. The zero-order valence-corrected chi connectivity index (χ0v) is 16.1. The van der Waals surface area contributed by atoms with Crippen LogP contribution in [0.25, 0.3) is 0 Å². The van der Waals surface area contributed by atoms with Gasteiger partial charge in [-0.3, -0.25) is 4.79 Å². The molecule has 0 spiro atoms. The average molecular weight is 382 g/mol. The second kappa shape index (κ2) is 8.05. The van der Waals surface area contributed by atoms with Crippen LogP contribution in [0.5, 0.6) is 0 Å². The highest BCUT2D eigenvalue weighted by atomic mass is 32.1. The fraction of sp³-hybridized carbons (Fsp3) is 0.500. The molecule has 2 aromatic rings. The first-order chi connectivity index (χ1) is 13.2. The SMILES string of the molecule is N#Cc1ccc(N2CCC(C(=O)Nc3nc4c(s3)CCCCC4)CC2)nc1. The molecule has 140 valence electrons. The number of carbonyl (C=O) groups excluding carboxylic acids is 1. The normalized spacial score (nSPS) is 17.7. The predicted molar refractivity (Wildman–Crippen MR) is 106 cm³/mol. The van der Waals surface area contributed by atoms with E-state index in [-0.39, 0.29) is 11.8 Å². The van der Waals surface area contributed by atoms with E-state index in [2.05, 4.69) is 26.3 Å². The van der Waals surface area contributed by atoms with Crippen molar-refractivity contribution in [3.63, 3.8) is 0 Å². The third-order valence-electron chi connectivity index (χ3n) is 5.39. The topological polar surface area (TPSA) is 81.9 Å². The molecule has 7 heteroatoms. The van der Waals surface area contributed by atoms with Crippen LogP contribution in [0.1, 0.15) is 48.2 Å². The summed E-state index contributed by atoms with van der Waals surface area (Å²) in [5.74, 6) is 0.978. The van der Waals surface area contributed by atoms with E-state index in [0.717, 1.165) is 49.7 Å². The van der Waals surface area contributed by atoms with E-state index in [4.69, 9.17) is 5.26 Å². The molecule has 0 unspecified atom stereocenters. The van der Waals surface area contributed by atoms with Crippen LogP contribution in [0.15, 0.2) is 18.3 Å². The summed E-state index contributed by atoms with van der Waals surface area (Å²) in [6.45, 7) is 1.59. The Balaban J connectivity index is 1.32. The Morgan fingerprint density at radius 1 is 1.22 bits per heavy atom. The lowest BCUT2D eigenvalue weighted by Crippen LogP contribution is -2.38. The van der Waals surface area contributed by atoms with Crippen LogP contribution in [0, 0.1) is 17.2 Å².